The van der Waals surface area contributed by atoms with E-state index in [2.05, 4.69) is 27.7 Å². The fraction of sp³-hybridized carbons (Fsp3) is 1.00. The molecule has 0 aromatic heterocycles. The van der Waals surface area contributed by atoms with Gasteiger partial charge >= 0.3 is 0 Å². The molecule has 2 unspecified atom stereocenters. The Kier molecular flexibility index (Phi) is 21.3. The minimum absolute atomic E-state index is 0.125. The van der Waals surface area contributed by atoms with Crippen LogP contribution in [0, 0.1) is 11.8 Å². The van der Waals surface area contributed by atoms with Crippen molar-refractivity contribution in [1.82, 2.24) is 0 Å². The van der Waals surface area contributed by atoms with Gasteiger partial charge in [0.1, 0.15) is 0 Å². The van der Waals surface area contributed by atoms with Gasteiger partial charge in [-0.2, -0.15) is 0 Å². The van der Waals surface area contributed by atoms with Crippen molar-refractivity contribution < 1.29 is 14.8 Å². The Bertz CT molecular complexity index is 212. The minimum Gasteiger partial charge on any atom is -0.394 e. The second-order valence-electron chi connectivity index (χ2n) is 6.23. The lowest BCUT2D eigenvalue weighted by Crippen LogP contribution is -2.07. The smallest absolute Gasteiger partial charge is 0.0767 e. The molecule has 0 spiro atoms. The molecule has 0 fully saturated rings. The van der Waals surface area contributed by atoms with Crippen LogP contribution in [0.25, 0.3) is 0 Å². The minimum atomic E-state index is -1.32. The van der Waals surface area contributed by atoms with Gasteiger partial charge in [-0.05, 0) is 11.8 Å². The zero-order chi connectivity index (χ0) is 17.2. The molecule has 0 aromatic carbocycles. The van der Waals surface area contributed by atoms with Gasteiger partial charge in [-0.1, -0.05) is 79.1 Å². The van der Waals surface area contributed by atoms with E-state index in [1.807, 2.05) is 0 Å². The molecule has 0 saturated carbocycles. The van der Waals surface area contributed by atoms with Gasteiger partial charge in [0, 0.05) is 12.3 Å². The summed E-state index contributed by atoms with van der Waals surface area (Å²) >= 11 is 0. The number of unbranched alkanes of at least 4 members (excludes halogenated alkanes) is 2. The van der Waals surface area contributed by atoms with E-state index in [1.54, 1.807) is 0 Å². The molecule has 0 amide bonds. The number of hydrogen-bond donors (Lipinski definition) is 2. The quantitative estimate of drug-likeness (QED) is 0.468. The molecule has 22 heavy (non-hydrogen) atoms. The standard InChI is InChI=1S/C16H35OP.C2H6O2/c1-5-9-11-15(7-3)13-18(17)14-16(8-4)12-10-6-2;3-1-2-4/h15-16,18H,5-14H2,1-4H3;3-4H,1-2H2. The summed E-state index contributed by atoms with van der Waals surface area (Å²) in [5, 5.41) is 15.2. The molecule has 0 bridgehead atoms. The van der Waals surface area contributed by atoms with Crippen molar-refractivity contribution in [1.29, 1.82) is 0 Å². The molecule has 2 N–H and O–H groups in total. The molecular weight excluding hydrogens is 295 g/mol. The first-order valence-corrected chi connectivity index (χ1v) is 11.1. The summed E-state index contributed by atoms with van der Waals surface area (Å²) in [5.74, 6) is 1.44. The highest BCUT2D eigenvalue weighted by Crippen LogP contribution is 2.33. The SMILES string of the molecule is CCCCC(CC)C[PH](=O)CC(CC)CCCC.OCCO. The maximum Gasteiger partial charge on any atom is 0.0767 e. The van der Waals surface area contributed by atoms with Gasteiger partial charge in [0.25, 0.3) is 0 Å². The van der Waals surface area contributed by atoms with E-state index in [1.165, 1.54) is 51.4 Å². The van der Waals surface area contributed by atoms with E-state index in [9.17, 15) is 4.57 Å². The normalized spacial score (nSPS) is 14.8. The van der Waals surface area contributed by atoms with Crippen LogP contribution in [0.3, 0.4) is 0 Å². The number of rotatable bonds is 13. The predicted molar refractivity (Wildman–Crippen MR) is 99.5 cm³/mol. The van der Waals surface area contributed by atoms with Gasteiger partial charge < -0.3 is 14.8 Å². The highest BCUT2D eigenvalue weighted by Gasteiger charge is 2.14. The molecule has 2 atom stereocenters. The zero-order valence-electron chi connectivity index (χ0n) is 15.4. The number of aliphatic hydroxyl groups excluding tert-OH is 2. The molecule has 3 nitrogen and oxygen atoms in total. The van der Waals surface area contributed by atoms with Crippen LogP contribution in [-0.2, 0) is 4.57 Å². The molecule has 0 aliphatic carbocycles. The van der Waals surface area contributed by atoms with Crippen LogP contribution in [0.5, 0.6) is 0 Å². The van der Waals surface area contributed by atoms with Crippen LogP contribution in [0.1, 0.15) is 79.1 Å². The van der Waals surface area contributed by atoms with E-state index in [0.29, 0.717) is 0 Å². The Hall–Kier alpha value is 0.150. The summed E-state index contributed by atoms with van der Waals surface area (Å²) in [5.41, 5.74) is 0. The van der Waals surface area contributed by atoms with Crippen molar-refractivity contribution in [2.45, 2.75) is 79.1 Å². The molecule has 0 aromatic rings. The van der Waals surface area contributed by atoms with Crippen molar-refractivity contribution >= 4 is 7.80 Å². The fourth-order valence-corrected chi connectivity index (χ4v) is 5.05. The van der Waals surface area contributed by atoms with Gasteiger partial charge in [0.15, 0.2) is 0 Å². The molecule has 0 aliphatic heterocycles. The van der Waals surface area contributed by atoms with Gasteiger partial charge in [-0.15, -0.1) is 0 Å². The second-order valence-corrected chi connectivity index (χ2v) is 8.12. The summed E-state index contributed by atoms with van der Waals surface area (Å²) in [7, 11) is -1.32. The second kappa shape index (κ2) is 19.2. The average Bonchev–Trinajstić information content (AvgIpc) is 2.55. The van der Waals surface area contributed by atoms with E-state index in [0.717, 1.165) is 24.2 Å². The van der Waals surface area contributed by atoms with Crippen LogP contribution in [0.4, 0.5) is 0 Å². The monoisotopic (exact) mass is 336 g/mol. The zero-order valence-corrected chi connectivity index (χ0v) is 16.4. The summed E-state index contributed by atoms with van der Waals surface area (Å²) in [6.07, 6.45) is 12.2. The summed E-state index contributed by atoms with van der Waals surface area (Å²) < 4.78 is 12.3. The van der Waals surface area contributed by atoms with E-state index < -0.39 is 7.80 Å². The Labute approximate surface area is 139 Å². The van der Waals surface area contributed by atoms with Crippen molar-refractivity contribution in [2.24, 2.45) is 11.8 Å². The Morgan fingerprint density at radius 3 is 1.36 bits per heavy atom. The maximum atomic E-state index is 12.3. The van der Waals surface area contributed by atoms with E-state index in [4.69, 9.17) is 10.2 Å². The first-order valence-electron chi connectivity index (χ1n) is 9.32. The molecule has 0 saturated heterocycles. The Balaban J connectivity index is 0. The van der Waals surface area contributed by atoms with Gasteiger partial charge in [-0.25, -0.2) is 0 Å². The summed E-state index contributed by atoms with van der Waals surface area (Å²) in [6.45, 7) is 8.75. The van der Waals surface area contributed by atoms with E-state index >= 15 is 0 Å². The largest absolute Gasteiger partial charge is 0.394 e. The molecule has 0 rings (SSSR count). The van der Waals surface area contributed by atoms with Crippen molar-refractivity contribution in [2.75, 3.05) is 25.5 Å². The first-order chi connectivity index (χ1) is 10.6. The van der Waals surface area contributed by atoms with Crippen molar-refractivity contribution in [3.05, 3.63) is 0 Å². The maximum absolute atomic E-state index is 12.3. The van der Waals surface area contributed by atoms with Crippen LogP contribution in [0.15, 0.2) is 0 Å². The Morgan fingerprint density at radius 1 is 0.773 bits per heavy atom. The molecule has 0 radical (unpaired) electrons. The predicted octanol–water partition coefficient (Wildman–Crippen LogP) is 4.95. The van der Waals surface area contributed by atoms with E-state index in [-0.39, 0.29) is 13.2 Å². The third-order valence-electron chi connectivity index (χ3n) is 4.22. The van der Waals surface area contributed by atoms with Crippen LogP contribution >= 0.6 is 7.80 Å². The number of hydrogen-bond acceptors (Lipinski definition) is 3. The third-order valence-corrected chi connectivity index (χ3v) is 6.28. The Morgan fingerprint density at radius 2 is 1.14 bits per heavy atom. The van der Waals surface area contributed by atoms with Gasteiger partial charge in [0.2, 0.25) is 0 Å². The lowest BCUT2D eigenvalue weighted by molar-refractivity contribution is 0.186. The van der Waals surface area contributed by atoms with Crippen LogP contribution in [0.2, 0.25) is 0 Å². The summed E-state index contributed by atoms with van der Waals surface area (Å²) in [4.78, 5) is 0. The lowest BCUT2D eigenvalue weighted by atomic mass is 10.0. The molecule has 0 aliphatic rings. The summed E-state index contributed by atoms with van der Waals surface area (Å²) in [6, 6.07) is 0. The lowest BCUT2D eigenvalue weighted by Gasteiger charge is -2.18. The highest BCUT2D eigenvalue weighted by molar-refractivity contribution is 7.44. The molecule has 4 heteroatoms. The third kappa shape index (κ3) is 16.5. The van der Waals surface area contributed by atoms with Crippen LogP contribution < -0.4 is 0 Å². The topological polar surface area (TPSA) is 57.5 Å². The van der Waals surface area contributed by atoms with Gasteiger partial charge in [0.05, 0.1) is 21.0 Å². The van der Waals surface area contributed by atoms with Crippen molar-refractivity contribution in [3.8, 4) is 0 Å². The fourth-order valence-electron chi connectivity index (χ4n) is 2.61. The van der Waals surface area contributed by atoms with Crippen LogP contribution in [-0.4, -0.2) is 35.8 Å². The van der Waals surface area contributed by atoms with Crippen molar-refractivity contribution in [3.63, 3.8) is 0 Å². The first kappa shape index (κ1) is 24.4. The molecule has 136 valence electrons. The number of aliphatic hydroxyl groups is 2. The molecule has 0 heterocycles. The average molecular weight is 336 g/mol. The molecular formula is C18H41O3P. The van der Waals surface area contributed by atoms with Gasteiger partial charge in [-0.3, -0.25) is 0 Å². The highest BCUT2D eigenvalue weighted by atomic mass is 31.1.